The number of rotatable bonds is 9. The predicted octanol–water partition coefficient (Wildman–Crippen LogP) is 4.78. The maximum absolute atomic E-state index is 12.8. The third-order valence-electron chi connectivity index (χ3n) is 5.22. The minimum atomic E-state index is -3.78. The van der Waals surface area contributed by atoms with Crippen LogP contribution in [0.25, 0.3) is 6.08 Å². The Morgan fingerprint density at radius 2 is 1.54 bits per heavy atom. The van der Waals surface area contributed by atoms with E-state index in [4.69, 9.17) is 14.2 Å². The molecule has 0 radical (unpaired) electrons. The third-order valence-corrected chi connectivity index (χ3v) is 6.60. The molecule has 0 saturated carbocycles. The van der Waals surface area contributed by atoms with Crippen molar-refractivity contribution in [2.45, 2.75) is 18.7 Å². The fraction of sp³-hybridized carbons (Fsp3) is 0.192. The largest absolute Gasteiger partial charge is 0.493 e. The molecule has 0 saturated heterocycles. The zero-order valence-corrected chi connectivity index (χ0v) is 21.0. The molecule has 0 fully saturated rings. The van der Waals surface area contributed by atoms with Gasteiger partial charge in [0.2, 0.25) is 11.7 Å². The van der Waals surface area contributed by atoms with Gasteiger partial charge in [-0.2, -0.15) is 0 Å². The van der Waals surface area contributed by atoms with Gasteiger partial charge < -0.3 is 19.5 Å². The molecule has 1 amide bonds. The average molecular weight is 497 g/mol. The number of benzene rings is 3. The fourth-order valence-electron chi connectivity index (χ4n) is 3.37. The highest BCUT2D eigenvalue weighted by molar-refractivity contribution is 7.92. The second-order valence-electron chi connectivity index (χ2n) is 7.69. The summed E-state index contributed by atoms with van der Waals surface area (Å²) in [5.41, 5.74) is 3.37. The number of hydrogen-bond acceptors (Lipinski definition) is 6. The number of sulfonamides is 1. The Morgan fingerprint density at radius 3 is 2.17 bits per heavy atom. The van der Waals surface area contributed by atoms with E-state index in [0.29, 0.717) is 34.2 Å². The van der Waals surface area contributed by atoms with Crippen molar-refractivity contribution in [2.75, 3.05) is 31.4 Å². The number of carbonyl (C=O) groups excluding carboxylic acids is 1. The molecule has 0 aliphatic rings. The second-order valence-corrected chi connectivity index (χ2v) is 9.38. The van der Waals surface area contributed by atoms with Crippen LogP contribution in [0.15, 0.2) is 65.6 Å². The van der Waals surface area contributed by atoms with Crippen LogP contribution in [-0.4, -0.2) is 35.7 Å². The summed E-state index contributed by atoms with van der Waals surface area (Å²) in [4.78, 5) is 12.5. The zero-order valence-electron chi connectivity index (χ0n) is 20.2. The Hall–Kier alpha value is -3.98. The second kappa shape index (κ2) is 11.0. The van der Waals surface area contributed by atoms with Crippen LogP contribution in [0.5, 0.6) is 17.2 Å². The van der Waals surface area contributed by atoms with Gasteiger partial charge in [0.05, 0.1) is 31.9 Å². The van der Waals surface area contributed by atoms with Gasteiger partial charge in [-0.05, 0) is 73.5 Å². The van der Waals surface area contributed by atoms with Crippen molar-refractivity contribution in [3.8, 4) is 17.2 Å². The van der Waals surface area contributed by atoms with Crippen molar-refractivity contribution in [3.05, 3.63) is 77.4 Å². The molecule has 0 atom stereocenters. The molecule has 0 spiro atoms. The Morgan fingerprint density at radius 1 is 0.857 bits per heavy atom. The number of amides is 1. The lowest BCUT2D eigenvalue weighted by Gasteiger charge is -2.14. The van der Waals surface area contributed by atoms with Gasteiger partial charge >= 0.3 is 0 Å². The Bertz CT molecular complexity index is 1350. The standard InChI is InChI=1S/C26H28N2O6S/c1-17-6-7-18(2)22(16-17)28-35(30,31)21-12-10-20(11-13-21)27-24(29)15-9-19-8-14-23(32-3)26(34-5)25(19)33-4/h6-16,28H,1-5H3,(H,27,29). The first-order valence-electron chi connectivity index (χ1n) is 10.7. The molecule has 0 aliphatic heterocycles. The van der Waals surface area contributed by atoms with Crippen molar-refractivity contribution in [1.82, 2.24) is 0 Å². The number of ether oxygens (including phenoxy) is 3. The number of nitrogens with one attached hydrogen (secondary N) is 2. The van der Waals surface area contributed by atoms with E-state index in [9.17, 15) is 13.2 Å². The van der Waals surface area contributed by atoms with E-state index in [2.05, 4.69) is 10.0 Å². The van der Waals surface area contributed by atoms with Gasteiger partial charge in [-0.15, -0.1) is 0 Å². The summed E-state index contributed by atoms with van der Waals surface area (Å²) in [5, 5.41) is 2.71. The summed E-state index contributed by atoms with van der Waals surface area (Å²) < 4.78 is 44.2. The SMILES string of the molecule is COc1ccc(C=CC(=O)Nc2ccc(S(=O)(=O)Nc3cc(C)ccc3C)cc2)c(OC)c1OC. The van der Waals surface area contributed by atoms with Gasteiger partial charge in [-0.25, -0.2) is 8.42 Å². The van der Waals surface area contributed by atoms with Crippen LogP contribution in [-0.2, 0) is 14.8 Å². The monoisotopic (exact) mass is 496 g/mol. The highest BCUT2D eigenvalue weighted by atomic mass is 32.2. The molecule has 9 heteroatoms. The number of anilines is 2. The summed E-state index contributed by atoms with van der Waals surface area (Å²) >= 11 is 0. The Labute approximate surface area is 205 Å². The third kappa shape index (κ3) is 6.13. The van der Waals surface area contributed by atoms with Crippen molar-refractivity contribution in [2.24, 2.45) is 0 Å². The van der Waals surface area contributed by atoms with Gasteiger partial charge in [-0.1, -0.05) is 12.1 Å². The quantitative estimate of drug-likeness (QED) is 0.413. The Kier molecular flexibility index (Phi) is 8.03. The van der Waals surface area contributed by atoms with E-state index in [1.54, 1.807) is 24.3 Å². The molecule has 0 aliphatic carbocycles. The van der Waals surface area contributed by atoms with Gasteiger partial charge in [-0.3, -0.25) is 9.52 Å². The van der Waals surface area contributed by atoms with Crippen LogP contribution in [0.4, 0.5) is 11.4 Å². The molecule has 0 unspecified atom stereocenters. The molecule has 8 nitrogen and oxygen atoms in total. The number of aryl methyl sites for hydroxylation is 2. The van der Waals surface area contributed by atoms with Crippen molar-refractivity contribution >= 4 is 33.4 Å². The fourth-order valence-corrected chi connectivity index (χ4v) is 4.49. The smallest absolute Gasteiger partial charge is 0.261 e. The number of methoxy groups -OCH3 is 3. The van der Waals surface area contributed by atoms with Crippen LogP contribution in [0.3, 0.4) is 0 Å². The summed E-state index contributed by atoms with van der Waals surface area (Å²) in [6.45, 7) is 3.73. The van der Waals surface area contributed by atoms with Crippen molar-refractivity contribution in [3.63, 3.8) is 0 Å². The number of carbonyl (C=O) groups is 1. The molecular weight excluding hydrogens is 468 g/mol. The van der Waals surface area contributed by atoms with Crippen LogP contribution < -0.4 is 24.2 Å². The lowest BCUT2D eigenvalue weighted by Crippen LogP contribution is -2.14. The highest BCUT2D eigenvalue weighted by Gasteiger charge is 2.16. The predicted molar refractivity (Wildman–Crippen MR) is 137 cm³/mol. The lowest BCUT2D eigenvalue weighted by atomic mass is 10.1. The first-order chi connectivity index (χ1) is 16.7. The van der Waals surface area contributed by atoms with Crippen LogP contribution >= 0.6 is 0 Å². The van der Waals surface area contributed by atoms with Gasteiger partial charge in [0.1, 0.15) is 0 Å². The minimum Gasteiger partial charge on any atom is -0.493 e. The lowest BCUT2D eigenvalue weighted by molar-refractivity contribution is -0.111. The Balaban J connectivity index is 1.71. The molecule has 2 N–H and O–H groups in total. The average Bonchev–Trinajstić information content (AvgIpc) is 2.84. The first kappa shape index (κ1) is 25.6. The molecule has 184 valence electrons. The van der Waals surface area contributed by atoms with E-state index >= 15 is 0 Å². The van der Waals surface area contributed by atoms with Crippen LogP contribution in [0, 0.1) is 13.8 Å². The van der Waals surface area contributed by atoms with E-state index < -0.39 is 15.9 Å². The van der Waals surface area contributed by atoms with E-state index in [0.717, 1.165) is 11.1 Å². The highest BCUT2D eigenvalue weighted by Crippen LogP contribution is 2.40. The normalized spacial score (nSPS) is 11.2. The van der Waals surface area contributed by atoms with E-state index in [1.165, 1.54) is 51.7 Å². The summed E-state index contributed by atoms with van der Waals surface area (Å²) in [5.74, 6) is 0.963. The maximum Gasteiger partial charge on any atom is 0.261 e. The summed E-state index contributed by atoms with van der Waals surface area (Å²) in [6, 6.07) is 14.9. The molecule has 0 heterocycles. The molecule has 0 aromatic heterocycles. The topological polar surface area (TPSA) is 103 Å². The molecule has 3 aromatic rings. The minimum absolute atomic E-state index is 0.0852. The summed E-state index contributed by atoms with van der Waals surface area (Å²) in [6.07, 6.45) is 2.93. The van der Waals surface area contributed by atoms with Crippen molar-refractivity contribution in [1.29, 1.82) is 0 Å². The molecular formula is C26H28N2O6S. The summed E-state index contributed by atoms with van der Waals surface area (Å²) in [7, 11) is 0.749. The molecule has 3 aromatic carbocycles. The molecule has 3 rings (SSSR count). The van der Waals surface area contributed by atoms with Gasteiger partial charge in [0.15, 0.2) is 11.5 Å². The van der Waals surface area contributed by atoms with Crippen molar-refractivity contribution < 1.29 is 27.4 Å². The zero-order chi connectivity index (χ0) is 25.6. The first-order valence-corrected chi connectivity index (χ1v) is 12.1. The van der Waals surface area contributed by atoms with Gasteiger partial charge in [0.25, 0.3) is 10.0 Å². The number of hydrogen-bond donors (Lipinski definition) is 2. The van der Waals surface area contributed by atoms with E-state index in [1.807, 2.05) is 26.0 Å². The molecule has 0 bridgehead atoms. The maximum atomic E-state index is 12.8. The van der Waals surface area contributed by atoms with Gasteiger partial charge in [0, 0.05) is 17.3 Å². The van der Waals surface area contributed by atoms with Crippen LogP contribution in [0.1, 0.15) is 16.7 Å². The van der Waals surface area contributed by atoms with E-state index in [-0.39, 0.29) is 4.90 Å². The van der Waals surface area contributed by atoms with Crippen LogP contribution in [0.2, 0.25) is 0 Å². The molecule has 35 heavy (non-hydrogen) atoms.